The van der Waals surface area contributed by atoms with E-state index in [1.54, 1.807) is 0 Å². The number of amidine groups is 1. The van der Waals surface area contributed by atoms with Gasteiger partial charge in [0.2, 0.25) is 11.7 Å². The average Bonchev–Trinajstić information content (AvgIpc) is 3.14. The summed E-state index contributed by atoms with van der Waals surface area (Å²) in [5, 5.41) is 27.3. The summed E-state index contributed by atoms with van der Waals surface area (Å²) in [6.45, 7) is 0.668. The number of aliphatic carboxylic acids is 1. The van der Waals surface area contributed by atoms with E-state index in [0.29, 0.717) is 5.56 Å². The highest BCUT2D eigenvalue weighted by Crippen LogP contribution is 2.17. The molecule has 1 heterocycles. The molecule has 2 aromatic rings. The van der Waals surface area contributed by atoms with Gasteiger partial charge in [0.1, 0.15) is 17.3 Å². The highest BCUT2D eigenvalue weighted by Gasteiger charge is 2.20. The summed E-state index contributed by atoms with van der Waals surface area (Å²) in [5.74, 6) is -2.67. The molecule has 0 fully saturated rings. The monoisotopic (exact) mass is 401 g/mol. The Morgan fingerprint density at radius 2 is 1.90 bits per heavy atom. The van der Waals surface area contributed by atoms with Crippen molar-refractivity contribution in [2.24, 2.45) is 5.73 Å². The first-order valence-corrected chi connectivity index (χ1v) is 8.30. The molecule has 0 bridgehead atoms. The molecule has 0 aliphatic carbocycles. The predicted molar refractivity (Wildman–Crippen MR) is 101 cm³/mol. The van der Waals surface area contributed by atoms with Crippen molar-refractivity contribution in [1.29, 1.82) is 5.41 Å². The van der Waals surface area contributed by atoms with E-state index in [-0.39, 0.29) is 28.7 Å². The summed E-state index contributed by atoms with van der Waals surface area (Å²) >= 11 is 0. The Kier molecular flexibility index (Phi) is 6.88. The second-order valence-corrected chi connectivity index (χ2v) is 5.90. The van der Waals surface area contributed by atoms with Crippen molar-refractivity contribution in [3.8, 4) is 5.75 Å². The third-order valence-corrected chi connectivity index (χ3v) is 3.71. The third kappa shape index (κ3) is 5.78. The SMILES string of the molecule is CC(=Cc1ccc(C(=O)Oc2ccc(C(=N)N)cc2)o1)C(=O)N[C@@H](CO)C(=O)O. The number of nitrogens with one attached hydrogen (secondary N) is 2. The number of nitrogens with two attached hydrogens (primary N) is 1. The number of hydrogen-bond acceptors (Lipinski definition) is 7. The van der Waals surface area contributed by atoms with Crippen molar-refractivity contribution in [3.63, 3.8) is 0 Å². The van der Waals surface area contributed by atoms with Gasteiger partial charge in [0.05, 0.1) is 6.61 Å². The minimum absolute atomic E-state index is 0.110. The Labute approximate surface area is 165 Å². The highest BCUT2D eigenvalue weighted by molar-refractivity contribution is 5.99. The van der Waals surface area contributed by atoms with Crippen molar-refractivity contribution in [2.75, 3.05) is 6.61 Å². The topological polar surface area (TPSA) is 176 Å². The van der Waals surface area contributed by atoms with Crippen LogP contribution in [0.3, 0.4) is 0 Å². The molecule has 1 atom stereocenters. The van der Waals surface area contributed by atoms with E-state index < -0.39 is 30.5 Å². The summed E-state index contributed by atoms with van der Waals surface area (Å²) in [6, 6.07) is 7.38. The van der Waals surface area contributed by atoms with Crippen molar-refractivity contribution < 1.29 is 33.8 Å². The average molecular weight is 401 g/mol. The van der Waals surface area contributed by atoms with Gasteiger partial charge >= 0.3 is 11.9 Å². The van der Waals surface area contributed by atoms with Crippen molar-refractivity contribution >= 4 is 29.8 Å². The Morgan fingerprint density at radius 1 is 1.24 bits per heavy atom. The van der Waals surface area contributed by atoms with Crippen molar-refractivity contribution in [1.82, 2.24) is 5.32 Å². The lowest BCUT2D eigenvalue weighted by Crippen LogP contribution is -2.43. The number of carbonyl (C=O) groups is 3. The van der Waals surface area contributed by atoms with Crippen LogP contribution in [0.25, 0.3) is 6.08 Å². The number of aliphatic hydroxyl groups excluding tert-OH is 1. The number of amides is 1. The standard InChI is InChI=1S/C19H19N3O7/c1-10(17(24)22-14(9-23)18(25)26)8-13-6-7-15(28-13)19(27)29-12-4-2-11(3-5-12)16(20)21/h2-8,14,23H,9H2,1H3,(H3,20,21)(H,22,24)(H,25,26)/t14-/m0/s1. The van der Waals surface area contributed by atoms with E-state index >= 15 is 0 Å². The van der Waals surface area contributed by atoms with Crippen molar-refractivity contribution in [2.45, 2.75) is 13.0 Å². The number of nitrogen functional groups attached to an aromatic ring is 1. The van der Waals surface area contributed by atoms with Gasteiger partial charge in [0.25, 0.3) is 0 Å². The molecular formula is C19H19N3O7. The van der Waals surface area contributed by atoms with Crippen LogP contribution in [-0.2, 0) is 9.59 Å². The van der Waals surface area contributed by atoms with Gasteiger partial charge in [-0.25, -0.2) is 9.59 Å². The number of hydrogen-bond donors (Lipinski definition) is 5. The van der Waals surface area contributed by atoms with E-state index in [0.717, 1.165) is 0 Å². The molecule has 1 aromatic heterocycles. The van der Waals surface area contributed by atoms with Crippen LogP contribution in [0.5, 0.6) is 5.75 Å². The van der Waals surface area contributed by atoms with E-state index in [4.69, 9.17) is 30.5 Å². The number of benzene rings is 1. The molecule has 1 aromatic carbocycles. The lowest BCUT2D eigenvalue weighted by Gasteiger charge is -2.11. The normalized spacial score (nSPS) is 12.1. The summed E-state index contributed by atoms with van der Waals surface area (Å²) in [5.41, 5.74) is 5.95. The maximum atomic E-state index is 12.1. The fraction of sp³-hybridized carbons (Fsp3) is 0.158. The number of ether oxygens (including phenoxy) is 1. The van der Waals surface area contributed by atoms with Gasteiger partial charge in [-0.05, 0) is 49.4 Å². The van der Waals surface area contributed by atoms with Gasteiger partial charge in [-0.1, -0.05) is 0 Å². The van der Waals surface area contributed by atoms with Gasteiger partial charge in [0.15, 0.2) is 6.04 Å². The first kappa shape index (κ1) is 21.4. The summed E-state index contributed by atoms with van der Waals surface area (Å²) in [4.78, 5) is 35.0. The lowest BCUT2D eigenvalue weighted by molar-refractivity contribution is -0.142. The lowest BCUT2D eigenvalue weighted by atomic mass is 10.2. The number of carbonyl (C=O) groups excluding carboxylic acids is 2. The quantitative estimate of drug-likeness (QED) is 0.141. The second-order valence-electron chi connectivity index (χ2n) is 5.90. The number of furan rings is 1. The molecule has 2 rings (SSSR count). The largest absolute Gasteiger partial charge is 0.480 e. The first-order chi connectivity index (χ1) is 13.7. The fourth-order valence-electron chi connectivity index (χ4n) is 2.14. The molecule has 0 radical (unpaired) electrons. The van der Waals surface area contributed by atoms with Gasteiger partial charge < -0.3 is 30.4 Å². The first-order valence-electron chi connectivity index (χ1n) is 8.30. The fourth-order valence-corrected chi connectivity index (χ4v) is 2.14. The molecule has 0 saturated carbocycles. The van der Waals surface area contributed by atoms with Crippen LogP contribution < -0.4 is 15.8 Å². The van der Waals surface area contributed by atoms with Crippen LogP contribution in [-0.4, -0.2) is 46.5 Å². The maximum absolute atomic E-state index is 12.1. The summed E-state index contributed by atoms with van der Waals surface area (Å²) in [6.07, 6.45) is 1.31. The van der Waals surface area contributed by atoms with E-state index in [2.05, 4.69) is 5.32 Å². The molecule has 10 heteroatoms. The smallest absolute Gasteiger partial charge is 0.379 e. The minimum atomic E-state index is -1.43. The van der Waals surface area contributed by atoms with Gasteiger partial charge in [-0.3, -0.25) is 10.2 Å². The molecule has 1 amide bonds. The molecule has 0 spiro atoms. The summed E-state index contributed by atoms with van der Waals surface area (Å²) in [7, 11) is 0. The van der Waals surface area contributed by atoms with Crippen molar-refractivity contribution in [3.05, 3.63) is 59.1 Å². The molecule has 0 saturated heterocycles. The Balaban J connectivity index is 2.04. The zero-order chi connectivity index (χ0) is 21.6. The highest BCUT2D eigenvalue weighted by atomic mass is 16.5. The van der Waals surface area contributed by atoms with Crippen LogP contribution in [0.4, 0.5) is 0 Å². The molecule has 6 N–H and O–H groups in total. The van der Waals surface area contributed by atoms with E-state index in [1.807, 2.05) is 0 Å². The van der Waals surface area contributed by atoms with Crippen LogP contribution in [0, 0.1) is 5.41 Å². The molecular weight excluding hydrogens is 382 g/mol. The Morgan fingerprint density at radius 3 is 2.45 bits per heavy atom. The van der Waals surface area contributed by atoms with Crippen LogP contribution >= 0.6 is 0 Å². The van der Waals surface area contributed by atoms with Gasteiger partial charge in [-0.2, -0.15) is 0 Å². The minimum Gasteiger partial charge on any atom is -0.480 e. The zero-order valence-corrected chi connectivity index (χ0v) is 15.3. The van der Waals surface area contributed by atoms with Crippen LogP contribution in [0.1, 0.15) is 28.8 Å². The molecule has 0 aliphatic heterocycles. The number of carboxylic acid groups (broad SMARTS) is 1. The predicted octanol–water partition coefficient (Wildman–Crippen LogP) is 0.748. The van der Waals surface area contributed by atoms with Gasteiger partial charge in [0, 0.05) is 11.1 Å². The molecule has 152 valence electrons. The molecule has 29 heavy (non-hydrogen) atoms. The number of aliphatic hydroxyl groups is 1. The number of esters is 1. The Bertz CT molecular complexity index is 960. The zero-order valence-electron chi connectivity index (χ0n) is 15.3. The van der Waals surface area contributed by atoms with E-state index in [9.17, 15) is 14.4 Å². The van der Waals surface area contributed by atoms with E-state index in [1.165, 1.54) is 49.4 Å². The second kappa shape index (κ2) is 9.33. The number of rotatable bonds is 8. The summed E-state index contributed by atoms with van der Waals surface area (Å²) < 4.78 is 10.5. The van der Waals surface area contributed by atoms with Gasteiger partial charge in [-0.15, -0.1) is 0 Å². The van der Waals surface area contributed by atoms with Crippen LogP contribution in [0.15, 0.2) is 46.4 Å². The molecule has 0 aliphatic rings. The molecule has 0 unspecified atom stereocenters. The third-order valence-electron chi connectivity index (χ3n) is 3.71. The Hall–Kier alpha value is -3.92. The number of carboxylic acids is 1. The molecule has 10 nitrogen and oxygen atoms in total. The van der Waals surface area contributed by atoms with Crippen LogP contribution in [0.2, 0.25) is 0 Å². The maximum Gasteiger partial charge on any atom is 0.379 e.